The van der Waals surface area contributed by atoms with Crippen molar-refractivity contribution in [3.63, 3.8) is 0 Å². The van der Waals surface area contributed by atoms with Gasteiger partial charge in [-0.3, -0.25) is 4.79 Å². The smallest absolute Gasteiger partial charge is 0.310 e. The number of carbonyl (C=O) groups excluding carboxylic acids is 1. The molecule has 6 heteroatoms. The minimum absolute atomic E-state index is 0.0450. The lowest BCUT2D eigenvalue weighted by atomic mass is 9.98. The minimum atomic E-state index is -0.126. The van der Waals surface area contributed by atoms with Gasteiger partial charge >= 0.3 is 5.97 Å². The summed E-state index contributed by atoms with van der Waals surface area (Å²) in [7, 11) is 1.44. The van der Waals surface area contributed by atoms with Crippen molar-refractivity contribution in [3.05, 3.63) is 12.4 Å². The van der Waals surface area contributed by atoms with E-state index in [1.807, 2.05) is 12.3 Å². The summed E-state index contributed by atoms with van der Waals surface area (Å²) in [5, 5.41) is 0.945. The number of methoxy groups -OCH3 is 1. The molecule has 98 valence electrons. The van der Waals surface area contributed by atoms with E-state index in [1.54, 1.807) is 18.1 Å². The zero-order chi connectivity index (χ0) is 13.0. The Morgan fingerprint density at radius 1 is 1.56 bits per heavy atom. The van der Waals surface area contributed by atoms with Crippen molar-refractivity contribution in [1.29, 1.82) is 0 Å². The normalized spacial score (nSPS) is 19.7. The first-order chi connectivity index (χ1) is 8.74. The Hall–Kier alpha value is -1.30. The Morgan fingerprint density at radius 2 is 2.39 bits per heavy atom. The van der Waals surface area contributed by atoms with Crippen LogP contribution in [0.15, 0.2) is 17.4 Å². The molecular weight excluding hydrogens is 250 g/mol. The number of aromatic nitrogens is 2. The van der Waals surface area contributed by atoms with E-state index in [4.69, 9.17) is 4.74 Å². The zero-order valence-corrected chi connectivity index (χ0v) is 11.4. The van der Waals surface area contributed by atoms with Gasteiger partial charge in [-0.25, -0.2) is 9.97 Å². The predicted molar refractivity (Wildman–Crippen MR) is 70.8 cm³/mol. The molecule has 1 aromatic heterocycles. The average Bonchev–Trinajstić information content (AvgIpc) is 2.46. The average molecular weight is 267 g/mol. The number of piperidine rings is 1. The van der Waals surface area contributed by atoms with Crippen molar-refractivity contribution in [3.8, 4) is 0 Å². The van der Waals surface area contributed by atoms with Gasteiger partial charge in [0.25, 0.3) is 0 Å². The van der Waals surface area contributed by atoms with Gasteiger partial charge in [0.2, 0.25) is 0 Å². The first-order valence-corrected chi connectivity index (χ1v) is 7.16. The van der Waals surface area contributed by atoms with Gasteiger partial charge in [-0.2, -0.15) is 0 Å². The quantitative estimate of drug-likeness (QED) is 0.471. The predicted octanol–water partition coefficient (Wildman–Crippen LogP) is 1.59. The molecule has 5 nitrogen and oxygen atoms in total. The molecule has 1 unspecified atom stereocenters. The Kier molecular flexibility index (Phi) is 4.41. The number of anilines is 1. The van der Waals surface area contributed by atoms with Gasteiger partial charge in [0.15, 0.2) is 0 Å². The molecule has 1 atom stereocenters. The number of thioether (sulfide) groups is 1. The minimum Gasteiger partial charge on any atom is -0.469 e. The molecule has 0 bridgehead atoms. The second kappa shape index (κ2) is 6.04. The topological polar surface area (TPSA) is 55.3 Å². The van der Waals surface area contributed by atoms with Crippen LogP contribution in [0, 0.1) is 5.92 Å². The lowest BCUT2D eigenvalue weighted by Crippen LogP contribution is -2.39. The second-order valence-corrected chi connectivity index (χ2v) is 5.05. The summed E-state index contributed by atoms with van der Waals surface area (Å²) in [4.78, 5) is 22.1. The van der Waals surface area contributed by atoms with Crippen LogP contribution in [0.4, 0.5) is 5.82 Å². The van der Waals surface area contributed by atoms with Crippen LogP contribution in [0.5, 0.6) is 0 Å². The SMILES string of the molecule is COC(=O)C1CCCN(c2cc(SC)ncn2)C1. The maximum atomic E-state index is 11.6. The van der Waals surface area contributed by atoms with Gasteiger partial charge in [-0.15, -0.1) is 11.8 Å². The number of ether oxygens (including phenoxy) is 1. The van der Waals surface area contributed by atoms with Gasteiger partial charge < -0.3 is 9.64 Å². The van der Waals surface area contributed by atoms with Gasteiger partial charge in [0, 0.05) is 19.2 Å². The molecule has 18 heavy (non-hydrogen) atoms. The van der Waals surface area contributed by atoms with E-state index in [0.29, 0.717) is 6.54 Å². The molecule has 1 fully saturated rings. The monoisotopic (exact) mass is 267 g/mol. The van der Waals surface area contributed by atoms with Crippen LogP contribution in [0.1, 0.15) is 12.8 Å². The number of hydrogen-bond acceptors (Lipinski definition) is 6. The number of hydrogen-bond donors (Lipinski definition) is 0. The fraction of sp³-hybridized carbons (Fsp3) is 0.583. The third-order valence-corrected chi connectivity index (χ3v) is 3.76. The van der Waals surface area contributed by atoms with Crippen molar-refractivity contribution in [2.75, 3.05) is 31.4 Å². The van der Waals surface area contributed by atoms with Crippen LogP contribution in [0.3, 0.4) is 0 Å². The number of carbonyl (C=O) groups is 1. The summed E-state index contributed by atoms with van der Waals surface area (Å²) in [6.07, 6.45) is 5.44. The van der Waals surface area contributed by atoms with Crippen molar-refractivity contribution >= 4 is 23.5 Å². The standard InChI is InChI=1S/C12H17N3O2S/c1-17-12(16)9-4-3-5-15(7-9)10-6-11(18-2)14-8-13-10/h6,8-9H,3-5,7H2,1-2H3. The summed E-state index contributed by atoms with van der Waals surface area (Å²) in [6.45, 7) is 1.61. The van der Waals surface area contributed by atoms with Crippen LogP contribution in [-0.4, -0.2) is 42.4 Å². The molecule has 1 saturated heterocycles. The molecule has 0 amide bonds. The Bertz CT molecular complexity index is 428. The lowest BCUT2D eigenvalue weighted by Gasteiger charge is -2.32. The Morgan fingerprint density at radius 3 is 3.11 bits per heavy atom. The van der Waals surface area contributed by atoms with Gasteiger partial charge in [-0.1, -0.05) is 0 Å². The fourth-order valence-electron chi connectivity index (χ4n) is 2.16. The highest BCUT2D eigenvalue weighted by Crippen LogP contribution is 2.24. The number of esters is 1. The zero-order valence-electron chi connectivity index (χ0n) is 10.6. The molecule has 1 aliphatic rings. The largest absolute Gasteiger partial charge is 0.469 e. The molecule has 2 heterocycles. The van der Waals surface area contributed by atoms with Crippen molar-refractivity contribution in [2.45, 2.75) is 17.9 Å². The van der Waals surface area contributed by atoms with E-state index in [-0.39, 0.29) is 11.9 Å². The highest BCUT2D eigenvalue weighted by Gasteiger charge is 2.27. The van der Waals surface area contributed by atoms with Gasteiger partial charge in [0.1, 0.15) is 17.2 Å². The maximum absolute atomic E-state index is 11.6. The summed E-state index contributed by atoms with van der Waals surface area (Å²) >= 11 is 1.59. The van der Waals surface area contributed by atoms with Gasteiger partial charge in [-0.05, 0) is 19.1 Å². The third-order valence-electron chi connectivity index (χ3n) is 3.12. The number of nitrogens with zero attached hydrogens (tertiary/aromatic N) is 3. The van der Waals surface area contributed by atoms with Crippen LogP contribution >= 0.6 is 11.8 Å². The molecule has 1 aliphatic heterocycles. The van der Waals surface area contributed by atoms with Crippen LogP contribution in [0.25, 0.3) is 0 Å². The summed E-state index contributed by atoms with van der Waals surface area (Å²) in [6, 6.07) is 1.96. The summed E-state index contributed by atoms with van der Waals surface area (Å²) in [5.41, 5.74) is 0. The van der Waals surface area contributed by atoms with Crippen molar-refractivity contribution in [2.24, 2.45) is 5.92 Å². The Labute approximate surface area is 111 Å². The number of rotatable bonds is 3. The molecule has 0 saturated carbocycles. The Balaban J connectivity index is 2.10. The highest BCUT2D eigenvalue weighted by molar-refractivity contribution is 7.98. The van der Waals surface area contributed by atoms with E-state index >= 15 is 0 Å². The van der Waals surface area contributed by atoms with Crippen molar-refractivity contribution < 1.29 is 9.53 Å². The third kappa shape index (κ3) is 2.93. The first kappa shape index (κ1) is 13.1. The van der Waals surface area contributed by atoms with E-state index in [1.165, 1.54) is 7.11 Å². The van der Waals surface area contributed by atoms with Crippen molar-refractivity contribution in [1.82, 2.24) is 9.97 Å². The highest BCUT2D eigenvalue weighted by atomic mass is 32.2. The molecule has 0 spiro atoms. The molecule has 0 aromatic carbocycles. The van der Waals surface area contributed by atoms with E-state index in [0.717, 1.165) is 30.2 Å². The van der Waals surface area contributed by atoms with Crippen LogP contribution < -0.4 is 4.90 Å². The molecule has 0 N–H and O–H groups in total. The van der Waals surface area contributed by atoms with E-state index < -0.39 is 0 Å². The molecule has 2 rings (SSSR count). The van der Waals surface area contributed by atoms with E-state index in [2.05, 4.69) is 14.9 Å². The van der Waals surface area contributed by atoms with Crippen LogP contribution in [-0.2, 0) is 9.53 Å². The molecular formula is C12H17N3O2S. The van der Waals surface area contributed by atoms with Crippen LogP contribution in [0.2, 0.25) is 0 Å². The molecule has 0 radical (unpaired) electrons. The van der Waals surface area contributed by atoms with E-state index in [9.17, 15) is 4.79 Å². The summed E-state index contributed by atoms with van der Waals surface area (Å²) < 4.78 is 4.82. The lowest BCUT2D eigenvalue weighted by molar-refractivity contribution is -0.145. The summed E-state index contributed by atoms with van der Waals surface area (Å²) in [5.74, 6) is 0.721. The molecule has 0 aliphatic carbocycles. The maximum Gasteiger partial charge on any atom is 0.310 e. The second-order valence-electron chi connectivity index (χ2n) is 4.23. The fourth-order valence-corrected chi connectivity index (χ4v) is 2.53. The van der Waals surface area contributed by atoms with Gasteiger partial charge in [0.05, 0.1) is 13.0 Å². The molecule has 1 aromatic rings. The first-order valence-electron chi connectivity index (χ1n) is 5.93.